The van der Waals surface area contributed by atoms with E-state index in [1.807, 2.05) is 30.0 Å². The van der Waals surface area contributed by atoms with Gasteiger partial charge in [-0.15, -0.1) is 12.4 Å². The molecule has 26 heavy (non-hydrogen) atoms. The number of carbonyl (C=O) groups is 2. The number of nitrogens with one attached hydrogen (secondary N) is 1. The molecule has 1 heterocycles. The Balaban J connectivity index is 0.00000243. The van der Waals surface area contributed by atoms with Crippen LogP contribution in [0.15, 0.2) is 42.5 Å². The predicted octanol–water partition coefficient (Wildman–Crippen LogP) is 3.36. The topological polar surface area (TPSA) is 75.4 Å². The summed E-state index contributed by atoms with van der Waals surface area (Å²) in [7, 11) is 0. The number of benzene rings is 2. The first-order valence-corrected chi connectivity index (χ1v) is 8.59. The van der Waals surface area contributed by atoms with Crippen molar-refractivity contribution in [2.24, 2.45) is 5.73 Å². The second-order valence-electron chi connectivity index (χ2n) is 6.38. The number of aryl methyl sites for hydroxylation is 1. The molecule has 0 radical (unpaired) electrons. The van der Waals surface area contributed by atoms with Crippen LogP contribution in [0.5, 0.6) is 0 Å². The second-order valence-corrected chi connectivity index (χ2v) is 6.38. The third-order valence-corrected chi connectivity index (χ3v) is 4.57. The van der Waals surface area contributed by atoms with Crippen LogP contribution in [0.25, 0.3) is 0 Å². The maximum Gasteiger partial charge on any atom is 0.255 e. The summed E-state index contributed by atoms with van der Waals surface area (Å²) in [6.45, 7) is 4.01. The van der Waals surface area contributed by atoms with Gasteiger partial charge in [0.2, 0.25) is 0 Å². The number of halogens is 1. The lowest BCUT2D eigenvalue weighted by Crippen LogP contribution is -2.27. The molecule has 6 heteroatoms. The zero-order valence-corrected chi connectivity index (χ0v) is 15.6. The molecule has 0 aliphatic carbocycles. The van der Waals surface area contributed by atoms with Gasteiger partial charge in [-0.05, 0) is 61.2 Å². The van der Waals surface area contributed by atoms with Gasteiger partial charge in [0.15, 0.2) is 0 Å². The molecule has 138 valence electrons. The molecular formula is C20H24ClN3O2. The molecule has 2 amide bonds. The van der Waals surface area contributed by atoms with Gasteiger partial charge < -0.3 is 16.0 Å². The molecule has 0 atom stereocenters. The summed E-state index contributed by atoms with van der Waals surface area (Å²) in [5.41, 5.74) is 9.39. The van der Waals surface area contributed by atoms with Gasteiger partial charge in [-0.1, -0.05) is 12.1 Å². The highest BCUT2D eigenvalue weighted by Gasteiger charge is 2.20. The molecule has 0 bridgehead atoms. The summed E-state index contributed by atoms with van der Waals surface area (Å²) < 4.78 is 0. The van der Waals surface area contributed by atoms with Crippen LogP contribution in [0.2, 0.25) is 0 Å². The van der Waals surface area contributed by atoms with Crippen molar-refractivity contribution < 1.29 is 9.59 Å². The van der Waals surface area contributed by atoms with Gasteiger partial charge in [-0.25, -0.2) is 0 Å². The van der Waals surface area contributed by atoms with Gasteiger partial charge in [0.1, 0.15) is 0 Å². The maximum absolute atomic E-state index is 12.4. The molecule has 3 rings (SSSR count). The third-order valence-electron chi connectivity index (χ3n) is 4.57. The summed E-state index contributed by atoms with van der Waals surface area (Å²) in [5.74, 6) is -0.110. The number of hydrogen-bond acceptors (Lipinski definition) is 3. The van der Waals surface area contributed by atoms with E-state index in [0.29, 0.717) is 23.4 Å². The van der Waals surface area contributed by atoms with E-state index in [1.54, 1.807) is 24.3 Å². The first kappa shape index (κ1) is 19.9. The molecule has 3 N–H and O–H groups in total. The number of nitrogens with two attached hydrogens (primary N) is 1. The molecule has 1 saturated heterocycles. The molecule has 0 saturated carbocycles. The Labute approximate surface area is 160 Å². The van der Waals surface area contributed by atoms with Gasteiger partial charge in [0.05, 0.1) is 0 Å². The molecule has 1 fully saturated rings. The number of amides is 2. The SMILES string of the molecule is Cc1cc(C(=O)N2CCCC2)ccc1NC(=O)c1ccc(CN)cc1.Cl. The minimum atomic E-state index is -0.176. The Hall–Kier alpha value is -2.37. The Kier molecular flexibility index (Phi) is 6.77. The molecular weight excluding hydrogens is 350 g/mol. The van der Waals surface area contributed by atoms with Crippen LogP contribution in [0, 0.1) is 6.92 Å². The smallest absolute Gasteiger partial charge is 0.255 e. The summed E-state index contributed by atoms with van der Waals surface area (Å²) in [4.78, 5) is 26.7. The fourth-order valence-corrected chi connectivity index (χ4v) is 3.03. The lowest BCUT2D eigenvalue weighted by Gasteiger charge is -2.16. The lowest BCUT2D eigenvalue weighted by atomic mass is 10.1. The van der Waals surface area contributed by atoms with Gasteiger partial charge in [-0.3, -0.25) is 9.59 Å². The summed E-state index contributed by atoms with van der Waals surface area (Å²) >= 11 is 0. The zero-order chi connectivity index (χ0) is 17.8. The van der Waals surface area contributed by atoms with E-state index in [1.165, 1.54) is 0 Å². The number of nitrogens with zero attached hydrogens (tertiary/aromatic N) is 1. The Morgan fingerprint density at radius 1 is 1.04 bits per heavy atom. The molecule has 1 aliphatic rings. The largest absolute Gasteiger partial charge is 0.339 e. The average molecular weight is 374 g/mol. The van der Waals surface area contributed by atoms with Gasteiger partial charge >= 0.3 is 0 Å². The average Bonchev–Trinajstić information content (AvgIpc) is 3.17. The fraction of sp³-hybridized carbons (Fsp3) is 0.300. The number of hydrogen-bond donors (Lipinski definition) is 2. The number of anilines is 1. The molecule has 2 aromatic carbocycles. The zero-order valence-electron chi connectivity index (χ0n) is 14.8. The van der Waals surface area contributed by atoms with Crippen molar-refractivity contribution in [3.05, 3.63) is 64.7 Å². The van der Waals surface area contributed by atoms with Gasteiger partial charge in [-0.2, -0.15) is 0 Å². The van der Waals surface area contributed by atoms with Crippen molar-refractivity contribution in [2.45, 2.75) is 26.3 Å². The summed E-state index contributed by atoms with van der Waals surface area (Å²) in [6.07, 6.45) is 2.14. The van der Waals surface area contributed by atoms with E-state index in [9.17, 15) is 9.59 Å². The van der Waals surface area contributed by atoms with Crippen molar-refractivity contribution in [2.75, 3.05) is 18.4 Å². The third kappa shape index (κ3) is 4.42. The van der Waals surface area contributed by atoms with Gasteiger partial charge in [0, 0.05) is 36.4 Å². The number of likely N-dealkylation sites (tertiary alicyclic amines) is 1. The molecule has 0 spiro atoms. The first-order chi connectivity index (χ1) is 12.1. The quantitative estimate of drug-likeness (QED) is 0.862. The molecule has 0 aromatic heterocycles. The minimum absolute atomic E-state index is 0. The Morgan fingerprint density at radius 2 is 1.65 bits per heavy atom. The lowest BCUT2D eigenvalue weighted by molar-refractivity contribution is 0.0792. The van der Waals surface area contributed by atoms with Crippen LogP contribution in [0.4, 0.5) is 5.69 Å². The van der Waals surface area contributed by atoms with Crippen LogP contribution in [0.3, 0.4) is 0 Å². The predicted molar refractivity (Wildman–Crippen MR) is 106 cm³/mol. The fourth-order valence-electron chi connectivity index (χ4n) is 3.03. The van der Waals surface area contributed by atoms with E-state index in [2.05, 4.69) is 5.32 Å². The van der Waals surface area contributed by atoms with Crippen LogP contribution < -0.4 is 11.1 Å². The molecule has 2 aromatic rings. The Bertz CT molecular complexity index is 784. The second kappa shape index (κ2) is 8.83. The summed E-state index contributed by atoms with van der Waals surface area (Å²) in [5, 5.41) is 2.90. The van der Waals surface area contributed by atoms with Crippen LogP contribution in [-0.2, 0) is 6.54 Å². The standard InChI is InChI=1S/C20H23N3O2.ClH/c1-14-12-17(20(25)23-10-2-3-11-23)8-9-18(14)22-19(24)16-6-4-15(13-21)5-7-16;/h4-9,12H,2-3,10-11,13,21H2,1H3,(H,22,24);1H. The van der Waals surface area contributed by atoms with E-state index in [0.717, 1.165) is 37.1 Å². The monoisotopic (exact) mass is 373 g/mol. The molecule has 1 aliphatic heterocycles. The van der Waals surface area contributed by atoms with Crippen molar-refractivity contribution in [3.63, 3.8) is 0 Å². The normalized spacial score (nSPS) is 13.2. The molecule has 5 nitrogen and oxygen atoms in total. The van der Waals surface area contributed by atoms with Crippen LogP contribution >= 0.6 is 12.4 Å². The number of rotatable bonds is 4. The first-order valence-electron chi connectivity index (χ1n) is 8.59. The maximum atomic E-state index is 12.4. The highest BCUT2D eigenvalue weighted by atomic mass is 35.5. The molecule has 0 unspecified atom stereocenters. The Morgan fingerprint density at radius 3 is 2.23 bits per heavy atom. The van der Waals surface area contributed by atoms with E-state index < -0.39 is 0 Å². The van der Waals surface area contributed by atoms with Crippen molar-refractivity contribution in [1.82, 2.24) is 4.90 Å². The number of carbonyl (C=O) groups excluding carboxylic acids is 2. The summed E-state index contributed by atoms with van der Waals surface area (Å²) in [6, 6.07) is 12.6. The van der Waals surface area contributed by atoms with Crippen LogP contribution in [-0.4, -0.2) is 29.8 Å². The van der Waals surface area contributed by atoms with Crippen LogP contribution in [0.1, 0.15) is 44.7 Å². The minimum Gasteiger partial charge on any atom is -0.339 e. The van der Waals surface area contributed by atoms with Gasteiger partial charge in [0.25, 0.3) is 11.8 Å². The van der Waals surface area contributed by atoms with E-state index in [4.69, 9.17) is 5.73 Å². The van der Waals surface area contributed by atoms with Crippen molar-refractivity contribution in [3.8, 4) is 0 Å². The van der Waals surface area contributed by atoms with E-state index >= 15 is 0 Å². The van der Waals surface area contributed by atoms with Crippen molar-refractivity contribution in [1.29, 1.82) is 0 Å². The van der Waals surface area contributed by atoms with E-state index in [-0.39, 0.29) is 24.2 Å². The van der Waals surface area contributed by atoms with Crippen molar-refractivity contribution >= 4 is 29.9 Å². The highest BCUT2D eigenvalue weighted by molar-refractivity contribution is 6.05. The highest BCUT2D eigenvalue weighted by Crippen LogP contribution is 2.20.